The zero-order valence-electron chi connectivity index (χ0n) is 13.1. The van der Waals surface area contributed by atoms with E-state index >= 15 is 0 Å². The van der Waals surface area contributed by atoms with Crippen LogP contribution >= 0.6 is 0 Å². The zero-order chi connectivity index (χ0) is 15.7. The summed E-state index contributed by atoms with van der Waals surface area (Å²) in [5, 5.41) is 5.13. The van der Waals surface area contributed by atoms with Crippen LogP contribution in [0.1, 0.15) is 20.8 Å². The SMILES string of the molecule is CNC(CS(=O)(=O)c1ccc2ccccc2c1)C(C)(C)C. The minimum absolute atomic E-state index is 0.0889. The van der Waals surface area contributed by atoms with Crippen LogP contribution in [0.5, 0.6) is 0 Å². The maximum absolute atomic E-state index is 12.7. The number of sulfone groups is 1. The second kappa shape index (κ2) is 5.78. The smallest absolute Gasteiger partial charge is 0.179 e. The molecule has 2 rings (SSSR count). The fourth-order valence-corrected chi connectivity index (χ4v) is 4.32. The van der Waals surface area contributed by atoms with E-state index < -0.39 is 9.84 Å². The minimum atomic E-state index is -3.31. The van der Waals surface area contributed by atoms with Gasteiger partial charge < -0.3 is 5.32 Å². The molecule has 2 aromatic rings. The zero-order valence-corrected chi connectivity index (χ0v) is 13.9. The molecule has 0 radical (unpaired) electrons. The van der Waals surface area contributed by atoms with Crippen LogP contribution in [-0.2, 0) is 9.84 Å². The second-order valence-corrected chi connectivity index (χ2v) is 8.53. The number of benzene rings is 2. The first-order valence-electron chi connectivity index (χ1n) is 7.13. The van der Waals surface area contributed by atoms with E-state index in [-0.39, 0.29) is 17.2 Å². The first-order chi connectivity index (χ1) is 9.74. The minimum Gasteiger partial charge on any atom is -0.315 e. The predicted octanol–water partition coefficient (Wildman–Crippen LogP) is 3.25. The van der Waals surface area contributed by atoms with E-state index in [1.807, 2.05) is 58.2 Å². The summed E-state index contributed by atoms with van der Waals surface area (Å²) in [5.74, 6) is 0.103. The van der Waals surface area contributed by atoms with Gasteiger partial charge in [0.25, 0.3) is 0 Å². The highest BCUT2D eigenvalue weighted by Crippen LogP contribution is 2.25. The van der Waals surface area contributed by atoms with E-state index in [0.29, 0.717) is 4.90 Å². The van der Waals surface area contributed by atoms with Crippen molar-refractivity contribution < 1.29 is 8.42 Å². The molecule has 1 atom stereocenters. The average molecular weight is 305 g/mol. The molecule has 0 aliphatic heterocycles. The number of nitrogens with one attached hydrogen (secondary N) is 1. The van der Waals surface area contributed by atoms with Crippen molar-refractivity contribution in [1.29, 1.82) is 0 Å². The monoisotopic (exact) mass is 305 g/mol. The number of hydrogen-bond donors (Lipinski definition) is 1. The van der Waals surface area contributed by atoms with Crippen molar-refractivity contribution in [2.45, 2.75) is 31.7 Å². The summed E-state index contributed by atoms with van der Waals surface area (Å²) < 4.78 is 25.3. The Bertz CT molecular complexity index is 730. The summed E-state index contributed by atoms with van der Waals surface area (Å²) >= 11 is 0. The first-order valence-corrected chi connectivity index (χ1v) is 8.78. The molecule has 0 saturated heterocycles. The van der Waals surface area contributed by atoms with Gasteiger partial charge >= 0.3 is 0 Å². The van der Waals surface area contributed by atoms with Crippen LogP contribution in [0, 0.1) is 5.41 Å². The molecule has 21 heavy (non-hydrogen) atoms. The molecular weight excluding hydrogens is 282 g/mol. The molecule has 0 fully saturated rings. The number of hydrogen-bond acceptors (Lipinski definition) is 3. The van der Waals surface area contributed by atoms with Gasteiger partial charge in [-0.2, -0.15) is 0 Å². The summed E-state index contributed by atoms with van der Waals surface area (Å²) in [7, 11) is -1.50. The van der Waals surface area contributed by atoms with Crippen LogP contribution in [0.3, 0.4) is 0 Å². The summed E-state index contributed by atoms with van der Waals surface area (Å²) in [5.41, 5.74) is -0.112. The van der Waals surface area contributed by atoms with E-state index in [1.54, 1.807) is 12.1 Å². The van der Waals surface area contributed by atoms with E-state index in [2.05, 4.69) is 5.32 Å². The first kappa shape index (κ1) is 16.0. The third-order valence-electron chi connectivity index (χ3n) is 3.86. The Labute approximate surface area is 127 Å². The maximum atomic E-state index is 12.7. The van der Waals surface area contributed by atoms with Crippen molar-refractivity contribution in [1.82, 2.24) is 5.32 Å². The van der Waals surface area contributed by atoms with E-state index in [0.717, 1.165) is 10.8 Å². The summed E-state index contributed by atoms with van der Waals surface area (Å²) in [6, 6.07) is 13.0. The largest absolute Gasteiger partial charge is 0.315 e. The Balaban J connectivity index is 2.37. The van der Waals surface area contributed by atoms with Gasteiger partial charge in [0, 0.05) is 6.04 Å². The van der Waals surface area contributed by atoms with E-state index in [9.17, 15) is 8.42 Å². The molecule has 3 nitrogen and oxygen atoms in total. The Morgan fingerprint density at radius 3 is 2.24 bits per heavy atom. The number of fused-ring (bicyclic) bond motifs is 1. The predicted molar refractivity (Wildman–Crippen MR) is 88.3 cm³/mol. The van der Waals surface area contributed by atoms with Crippen LogP contribution in [0.15, 0.2) is 47.4 Å². The fourth-order valence-electron chi connectivity index (χ4n) is 2.44. The van der Waals surface area contributed by atoms with Crippen molar-refractivity contribution in [2.75, 3.05) is 12.8 Å². The third kappa shape index (κ3) is 3.63. The maximum Gasteiger partial charge on any atom is 0.179 e. The molecule has 4 heteroatoms. The molecule has 1 unspecified atom stereocenters. The molecule has 0 saturated carbocycles. The van der Waals surface area contributed by atoms with Gasteiger partial charge in [-0.1, -0.05) is 51.1 Å². The van der Waals surface area contributed by atoms with Crippen molar-refractivity contribution in [3.63, 3.8) is 0 Å². The van der Waals surface area contributed by atoms with Crippen molar-refractivity contribution in [3.8, 4) is 0 Å². The van der Waals surface area contributed by atoms with Crippen LogP contribution in [-0.4, -0.2) is 27.3 Å². The highest BCUT2D eigenvalue weighted by Gasteiger charge is 2.29. The van der Waals surface area contributed by atoms with Gasteiger partial charge in [-0.3, -0.25) is 0 Å². The normalized spacial score (nSPS) is 14.3. The Hall–Kier alpha value is -1.39. The fraction of sp³-hybridized carbons (Fsp3) is 0.412. The van der Waals surface area contributed by atoms with Gasteiger partial charge in [0.05, 0.1) is 10.6 Å². The second-order valence-electron chi connectivity index (χ2n) is 6.50. The Kier molecular flexibility index (Phi) is 4.40. The molecule has 2 aromatic carbocycles. The Morgan fingerprint density at radius 2 is 1.67 bits per heavy atom. The van der Waals surface area contributed by atoms with Crippen LogP contribution in [0.4, 0.5) is 0 Å². The molecule has 0 bridgehead atoms. The quantitative estimate of drug-likeness (QED) is 0.943. The summed E-state index contributed by atoms with van der Waals surface area (Å²) in [6.45, 7) is 6.14. The number of rotatable bonds is 4. The van der Waals surface area contributed by atoms with Gasteiger partial charge in [-0.05, 0) is 35.4 Å². The van der Waals surface area contributed by atoms with E-state index in [1.165, 1.54) is 0 Å². The van der Waals surface area contributed by atoms with Crippen LogP contribution in [0.2, 0.25) is 0 Å². The molecule has 0 aliphatic rings. The highest BCUT2D eigenvalue weighted by atomic mass is 32.2. The standard InChI is InChI=1S/C17H23NO2S/c1-17(2,3)16(18-4)12-21(19,20)15-10-9-13-7-5-6-8-14(13)11-15/h5-11,16,18H,12H2,1-4H3. The average Bonchev–Trinajstić information content (AvgIpc) is 2.43. The summed E-state index contributed by atoms with van der Waals surface area (Å²) in [4.78, 5) is 0.394. The van der Waals surface area contributed by atoms with Gasteiger partial charge in [0.2, 0.25) is 0 Å². The van der Waals surface area contributed by atoms with Crippen molar-refractivity contribution >= 4 is 20.6 Å². The highest BCUT2D eigenvalue weighted by molar-refractivity contribution is 7.91. The van der Waals surface area contributed by atoms with Crippen molar-refractivity contribution in [3.05, 3.63) is 42.5 Å². The molecule has 0 spiro atoms. The molecule has 0 aromatic heterocycles. The van der Waals surface area contributed by atoms with Gasteiger partial charge in [0.15, 0.2) is 9.84 Å². The van der Waals surface area contributed by atoms with Crippen LogP contribution < -0.4 is 5.32 Å². The molecule has 114 valence electrons. The molecule has 0 amide bonds. The van der Waals surface area contributed by atoms with Gasteiger partial charge in [0.1, 0.15) is 0 Å². The molecule has 1 N–H and O–H groups in total. The lowest BCUT2D eigenvalue weighted by molar-refractivity contribution is 0.302. The van der Waals surface area contributed by atoms with Crippen molar-refractivity contribution in [2.24, 2.45) is 5.41 Å². The summed E-state index contributed by atoms with van der Waals surface area (Å²) in [6.07, 6.45) is 0. The Morgan fingerprint density at radius 1 is 1.05 bits per heavy atom. The topological polar surface area (TPSA) is 46.2 Å². The molecule has 0 heterocycles. The van der Waals surface area contributed by atoms with E-state index in [4.69, 9.17) is 0 Å². The van der Waals surface area contributed by atoms with Gasteiger partial charge in [-0.25, -0.2) is 8.42 Å². The lowest BCUT2D eigenvalue weighted by atomic mass is 9.88. The molecular formula is C17H23NO2S. The third-order valence-corrected chi connectivity index (χ3v) is 5.60. The lowest BCUT2D eigenvalue weighted by Gasteiger charge is -2.30. The molecule has 0 aliphatic carbocycles. The van der Waals surface area contributed by atoms with Gasteiger partial charge in [-0.15, -0.1) is 0 Å². The lowest BCUT2D eigenvalue weighted by Crippen LogP contribution is -2.43. The van der Waals surface area contributed by atoms with Crippen LogP contribution in [0.25, 0.3) is 10.8 Å².